The molecule has 0 amide bonds. The number of rotatable bonds is 11. The molecule has 1 heterocycles. The Kier molecular flexibility index (Phi) is 9.16. The Bertz CT molecular complexity index is 349. The first-order valence-electron chi connectivity index (χ1n) is 8.01. The highest BCUT2D eigenvalue weighted by Crippen LogP contribution is 2.21. The molecule has 1 unspecified atom stereocenters. The second-order valence-electron chi connectivity index (χ2n) is 6.02. The molecule has 0 spiro atoms. The Morgan fingerprint density at radius 1 is 1.15 bits per heavy atom. The molecule has 0 radical (unpaired) electrons. The first-order chi connectivity index (χ1) is 9.63. The normalized spacial score (nSPS) is 13.1. The van der Waals surface area contributed by atoms with E-state index in [2.05, 4.69) is 37.4 Å². The van der Waals surface area contributed by atoms with Crippen molar-refractivity contribution >= 4 is 11.3 Å². The second-order valence-corrected chi connectivity index (χ2v) is 7.02. The van der Waals surface area contributed by atoms with Crippen LogP contribution in [0.2, 0.25) is 0 Å². The van der Waals surface area contributed by atoms with E-state index in [0.29, 0.717) is 0 Å². The van der Waals surface area contributed by atoms with Crippen molar-refractivity contribution in [1.29, 1.82) is 0 Å². The van der Waals surface area contributed by atoms with Crippen LogP contribution in [0.3, 0.4) is 0 Å². The van der Waals surface area contributed by atoms with Crippen LogP contribution in [0.25, 0.3) is 0 Å². The molecule has 0 aromatic carbocycles. The van der Waals surface area contributed by atoms with Gasteiger partial charge in [-0.3, -0.25) is 0 Å². The van der Waals surface area contributed by atoms with Gasteiger partial charge in [0.1, 0.15) is 0 Å². The zero-order valence-corrected chi connectivity index (χ0v) is 14.2. The van der Waals surface area contributed by atoms with Gasteiger partial charge in [-0.25, -0.2) is 0 Å². The van der Waals surface area contributed by atoms with Gasteiger partial charge in [-0.05, 0) is 43.9 Å². The molecule has 1 aromatic heterocycles. The minimum absolute atomic E-state index is 0.170. The van der Waals surface area contributed by atoms with E-state index in [0.717, 1.165) is 25.8 Å². The number of thiophene rings is 1. The average Bonchev–Trinajstić information content (AvgIpc) is 2.80. The van der Waals surface area contributed by atoms with E-state index in [4.69, 9.17) is 0 Å². The molecule has 116 valence electrons. The summed E-state index contributed by atoms with van der Waals surface area (Å²) in [5.41, 5.74) is 1.34. The fourth-order valence-corrected chi connectivity index (χ4v) is 3.52. The van der Waals surface area contributed by atoms with Gasteiger partial charge in [-0.15, -0.1) is 11.3 Å². The van der Waals surface area contributed by atoms with Crippen molar-refractivity contribution in [2.75, 3.05) is 14.1 Å². The van der Waals surface area contributed by atoms with Gasteiger partial charge in [0.25, 0.3) is 0 Å². The molecule has 0 aliphatic rings. The van der Waals surface area contributed by atoms with E-state index >= 15 is 0 Å². The number of hydrogen-bond acceptors (Lipinski definition) is 3. The average molecular weight is 298 g/mol. The quantitative estimate of drug-likeness (QED) is 0.609. The number of nitrogens with zero attached hydrogens (tertiary/aromatic N) is 1. The van der Waals surface area contributed by atoms with Crippen LogP contribution in [0.1, 0.15) is 62.3 Å². The summed E-state index contributed by atoms with van der Waals surface area (Å²) >= 11 is 1.80. The highest BCUT2D eigenvalue weighted by Gasteiger charge is 2.11. The van der Waals surface area contributed by atoms with Crippen LogP contribution in [-0.2, 0) is 13.0 Å². The Labute approximate surface area is 128 Å². The molecule has 1 atom stereocenters. The number of aliphatic hydroxyl groups is 1. The van der Waals surface area contributed by atoms with Crippen LogP contribution in [0.15, 0.2) is 11.4 Å². The highest BCUT2D eigenvalue weighted by atomic mass is 32.1. The molecule has 2 nitrogen and oxygen atoms in total. The number of aliphatic hydroxyl groups excluding tert-OH is 1. The van der Waals surface area contributed by atoms with Crippen molar-refractivity contribution in [1.82, 2.24) is 4.90 Å². The topological polar surface area (TPSA) is 23.5 Å². The Balaban J connectivity index is 2.21. The number of hydrogen-bond donors (Lipinski definition) is 1. The first kappa shape index (κ1) is 17.7. The predicted molar refractivity (Wildman–Crippen MR) is 89.4 cm³/mol. The standard InChI is InChI=1S/C17H31NOS/c1-4-5-6-7-8-9-10-16(19)13-15-11-12-20-17(15)14-18(2)3/h11-12,16,19H,4-10,13-14H2,1-3H3. The van der Waals surface area contributed by atoms with Crippen molar-refractivity contribution in [3.05, 3.63) is 21.9 Å². The maximum absolute atomic E-state index is 10.2. The molecular formula is C17H31NOS. The molecule has 0 saturated heterocycles. The Morgan fingerprint density at radius 2 is 1.85 bits per heavy atom. The highest BCUT2D eigenvalue weighted by molar-refractivity contribution is 7.10. The maximum atomic E-state index is 10.2. The third-order valence-corrected chi connectivity index (χ3v) is 4.59. The van der Waals surface area contributed by atoms with Gasteiger partial charge in [0.15, 0.2) is 0 Å². The van der Waals surface area contributed by atoms with Gasteiger partial charge in [0, 0.05) is 11.4 Å². The van der Waals surface area contributed by atoms with E-state index in [-0.39, 0.29) is 6.10 Å². The summed E-state index contributed by atoms with van der Waals surface area (Å²) in [5.74, 6) is 0. The van der Waals surface area contributed by atoms with Crippen molar-refractivity contribution in [3.8, 4) is 0 Å². The van der Waals surface area contributed by atoms with Crippen LogP contribution in [0, 0.1) is 0 Å². The van der Waals surface area contributed by atoms with E-state index in [1.54, 1.807) is 11.3 Å². The lowest BCUT2D eigenvalue weighted by Gasteiger charge is -2.13. The molecule has 20 heavy (non-hydrogen) atoms. The summed E-state index contributed by atoms with van der Waals surface area (Å²) in [7, 11) is 4.19. The minimum atomic E-state index is -0.170. The van der Waals surface area contributed by atoms with Crippen LogP contribution in [0.5, 0.6) is 0 Å². The van der Waals surface area contributed by atoms with Crippen molar-refractivity contribution in [3.63, 3.8) is 0 Å². The van der Waals surface area contributed by atoms with Gasteiger partial charge in [0.05, 0.1) is 6.10 Å². The third-order valence-electron chi connectivity index (χ3n) is 3.64. The predicted octanol–water partition coefficient (Wildman–Crippen LogP) is 4.46. The van der Waals surface area contributed by atoms with Crippen LogP contribution >= 0.6 is 11.3 Å². The smallest absolute Gasteiger partial charge is 0.0581 e. The third kappa shape index (κ3) is 7.41. The SMILES string of the molecule is CCCCCCCCC(O)Cc1ccsc1CN(C)C. The molecule has 0 aliphatic carbocycles. The zero-order valence-electron chi connectivity index (χ0n) is 13.4. The van der Waals surface area contributed by atoms with Gasteiger partial charge >= 0.3 is 0 Å². The summed E-state index contributed by atoms with van der Waals surface area (Å²) in [6.45, 7) is 3.23. The fourth-order valence-electron chi connectivity index (χ4n) is 2.49. The fraction of sp³-hybridized carbons (Fsp3) is 0.765. The summed E-state index contributed by atoms with van der Waals surface area (Å²) < 4.78 is 0. The number of unbranched alkanes of at least 4 members (excludes halogenated alkanes) is 5. The lowest BCUT2D eigenvalue weighted by Crippen LogP contribution is -2.14. The second kappa shape index (κ2) is 10.4. The zero-order chi connectivity index (χ0) is 14.8. The van der Waals surface area contributed by atoms with Crippen LogP contribution in [0.4, 0.5) is 0 Å². The molecule has 3 heteroatoms. The van der Waals surface area contributed by atoms with Gasteiger partial charge < -0.3 is 10.0 Å². The summed E-state index contributed by atoms with van der Waals surface area (Å²) in [6.07, 6.45) is 9.36. The summed E-state index contributed by atoms with van der Waals surface area (Å²) in [4.78, 5) is 3.59. The van der Waals surface area contributed by atoms with E-state index in [1.165, 1.54) is 42.5 Å². The molecule has 0 aliphatic heterocycles. The Hall–Kier alpha value is -0.380. The van der Waals surface area contributed by atoms with Crippen molar-refractivity contribution < 1.29 is 5.11 Å². The summed E-state index contributed by atoms with van der Waals surface area (Å²) in [5, 5.41) is 12.3. The lowest BCUT2D eigenvalue weighted by molar-refractivity contribution is 0.160. The molecule has 1 rings (SSSR count). The first-order valence-corrected chi connectivity index (χ1v) is 8.89. The van der Waals surface area contributed by atoms with E-state index in [1.807, 2.05) is 0 Å². The Morgan fingerprint density at radius 3 is 2.55 bits per heavy atom. The lowest BCUT2D eigenvalue weighted by atomic mass is 10.0. The molecule has 1 aromatic rings. The maximum Gasteiger partial charge on any atom is 0.0581 e. The van der Waals surface area contributed by atoms with Crippen LogP contribution in [-0.4, -0.2) is 30.2 Å². The van der Waals surface area contributed by atoms with Crippen molar-refractivity contribution in [2.45, 2.75) is 70.9 Å². The molecule has 0 fully saturated rings. The molecule has 1 N–H and O–H groups in total. The molecule has 0 bridgehead atoms. The summed E-state index contributed by atoms with van der Waals surface area (Å²) in [6, 6.07) is 2.17. The van der Waals surface area contributed by atoms with Gasteiger partial charge in [-0.1, -0.05) is 45.4 Å². The largest absolute Gasteiger partial charge is 0.393 e. The van der Waals surface area contributed by atoms with Crippen LogP contribution < -0.4 is 0 Å². The molecule has 0 saturated carbocycles. The van der Waals surface area contributed by atoms with Gasteiger partial charge in [0.2, 0.25) is 0 Å². The van der Waals surface area contributed by atoms with Gasteiger partial charge in [-0.2, -0.15) is 0 Å². The van der Waals surface area contributed by atoms with Crippen molar-refractivity contribution in [2.24, 2.45) is 0 Å². The minimum Gasteiger partial charge on any atom is -0.393 e. The van der Waals surface area contributed by atoms with E-state index in [9.17, 15) is 5.11 Å². The van der Waals surface area contributed by atoms with E-state index < -0.39 is 0 Å². The molecular weight excluding hydrogens is 266 g/mol. The monoisotopic (exact) mass is 297 g/mol.